The first-order chi connectivity index (χ1) is 6.33. The number of aliphatic hydroxyl groups is 1. The van der Waals surface area contributed by atoms with Gasteiger partial charge in [-0.1, -0.05) is 12.8 Å². The molecule has 0 radical (unpaired) electrons. The second kappa shape index (κ2) is 5.59. The third kappa shape index (κ3) is 3.94. The molecule has 0 aliphatic heterocycles. The molecule has 74 valence electrons. The zero-order chi connectivity index (χ0) is 9.52. The molecule has 0 bridgehead atoms. The lowest BCUT2D eigenvalue weighted by Crippen LogP contribution is -1.98. The zero-order valence-corrected chi connectivity index (χ0v) is 7.82. The van der Waals surface area contributed by atoms with Crippen molar-refractivity contribution in [3.8, 4) is 0 Å². The average Bonchev–Trinajstić information content (AvgIpc) is 2.51. The number of nitrogen functional groups attached to an aromatic ring is 1. The van der Waals surface area contributed by atoms with E-state index in [1.165, 1.54) is 0 Å². The Balaban J connectivity index is 2.06. The van der Waals surface area contributed by atoms with Crippen molar-refractivity contribution in [2.24, 2.45) is 0 Å². The summed E-state index contributed by atoms with van der Waals surface area (Å²) in [5.41, 5.74) is 6.23. The van der Waals surface area contributed by atoms with E-state index in [4.69, 9.17) is 10.8 Å². The number of rotatable bonds is 6. The maximum atomic E-state index is 8.55. The van der Waals surface area contributed by atoms with Gasteiger partial charge in [0.1, 0.15) is 0 Å². The molecule has 0 aromatic carbocycles. The predicted molar refractivity (Wildman–Crippen MR) is 52.2 cm³/mol. The molecule has 0 aliphatic carbocycles. The quantitative estimate of drug-likeness (QED) is 0.647. The molecule has 4 nitrogen and oxygen atoms in total. The van der Waals surface area contributed by atoms with Crippen LogP contribution in [0.5, 0.6) is 0 Å². The van der Waals surface area contributed by atoms with Crippen molar-refractivity contribution in [1.82, 2.24) is 9.78 Å². The van der Waals surface area contributed by atoms with E-state index in [0.717, 1.165) is 37.9 Å². The van der Waals surface area contributed by atoms with Gasteiger partial charge in [0.05, 0.1) is 11.9 Å². The van der Waals surface area contributed by atoms with Gasteiger partial charge in [-0.15, -0.1) is 0 Å². The monoisotopic (exact) mass is 183 g/mol. The number of nitrogens with zero attached hydrogens (tertiary/aromatic N) is 2. The van der Waals surface area contributed by atoms with Crippen molar-refractivity contribution in [2.45, 2.75) is 32.2 Å². The van der Waals surface area contributed by atoms with E-state index in [2.05, 4.69) is 5.10 Å². The van der Waals surface area contributed by atoms with Crippen LogP contribution in [-0.2, 0) is 6.54 Å². The molecule has 13 heavy (non-hydrogen) atoms. The molecule has 0 fully saturated rings. The highest BCUT2D eigenvalue weighted by Crippen LogP contribution is 2.03. The number of aryl methyl sites for hydroxylation is 1. The standard InChI is InChI=1S/C9H17N3O/c10-9-7-11-12(8-9)5-3-1-2-4-6-13/h7-8,13H,1-6,10H2. The van der Waals surface area contributed by atoms with Gasteiger partial charge in [-0.05, 0) is 12.8 Å². The minimum atomic E-state index is 0.300. The van der Waals surface area contributed by atoms with Gasteiger partial charge >= 0.3 is 0 Å². The number of aromatic nitrogens is 2. The maximum absolute atomic E-state index is 8.55. The second-order valence-electron chi connectivity index (χ2n) is 3.17. The minimum absolute atomic E-state index is 0.300. The highest BCUT2D eigenvalue weighted by atomic mass is 16.2. The topological polar surface area (TPSA) is 64.1 Å². The number of aliphatic hydroxyl groups excluding tert-OH is 1. The van der Waals surface area contributed by atoms with Gasteiger partial charge in [-0.2, -0.15) is 5.10 Å². The van der Waals surface area contributed by atoms with Crippen molar-refractivity contribution >= 4 is 5.69 Å². The summed E-state index contributed by atoms with van der Waals surface area (Å²) in [6.45, 7) is 1.22. The van der Waals surface area contributed by atoms with Crippen molar-refractivity contribution in [2.75, 3.05) is 12.3 Å². The third-order valence-corrected chi connectivity index (χ3v) is 1.95. The van der Waals surface area contributed by atoms with Gasteiger partial charge in [0.15, 0.2) is 0 Å². The molecule has 0 atom stereocenters. The number of hydrogen-bond acceptors (Lipinski definition) is 3. The Labute approximate surface area is 78.4 Å². The molecule has 3 N–H and O–H groups in total. The second-order valence-corrected chi connectivity index (χ2v) is 3.17. The molecule has 4 heteroatoms. The predicted octanol–water partition coefficient (Wildman–Crippen LogP) is 1.02. The van der Waals surface area contributed by atoms with Crippen LogP contribution in [0, 0.1) is 0 Å². The van der Waals surface area contributed by atoms with E-state index in [-0.39, 0.29) is 0 Å². The first-order valence-corrected chi connectivity index (χ1v) is 4.71. The number of hydrogen-bond donors (Lipinski definition) is 2. The highest BCUT2D eigenvalue weighted by molar-refractivity contribution is 5.30. The van der Waals surface area contributed by atoms with Crippen LogP contribution in [0.25, 0.3) is 0 Å². The molecule has 0 aliphatic rings. The van der Waals surface area contributed by atoms with Crippen LogP contribution in [0.4, 0.5) is 5.69 Å². The maximum Gasteiger partial charge on any atom is 0.0719 e. The molecule has 1 aromatic rings. The Morgan fingerprint density at radius 3 is 2.69 bits per heavy atom. The normalized spacial score (nSPS) is 10.5. The van der Waals surface area contributed by atoms with Gasteiger partial charge < -0.3 is 10.8 Å². The summed E-state index contributed by atoms with van der Waals surface area (Å²) in [6, 6.07) is 0. The molecular formula is C9H17N3O. The molecule has 1 rings (SSSR count). The van der Waals surface area contributed by atoms with Crippen LogP contribution >= 0.6 is 0 Å². The Hall–Kier alpha value is -1.03. The lowest BCUT2D eigenvalue weighted by Gasteiger charge is -2.00. The van der Waals surface area contributed by atoms with E-state index < -0.39 is 0 Å². The molecule has 0 saturated carbocycles. The molecule has 0 unspecified atom stereocenters. The van der Waals surface area contributed by atoms with E-state index in [9.17, 15) is 0 Å². The van der Waals surface area contributed by atoms with Crippen LogP contribution < -0.4 is 5.73 Å². The summed E-state index contributed by atoms with van der Waals surface area (Å²) >= 11 is 0. The van der Waals surface area contributed by atoms with Crippen molar-refractivity contribution < 1.29 is 5.11 Å². The molecule has 1 heterocycles. The van der Waals surface area contributed by atoms with Crippen LogP contribution in [0.1, 0.15) is 25.7 Å². The van der Waals surface area contributed by atoms with Gasteiger partial charge in [-0.3, -0.25) is 4.68 Å². The first kappa shape index (κ1) is 10.1. The summed E-state index contributed by atoms with van der Waals surface area (Å²) in [6.07, 6.45) is 7.73. The van der Waals surface area contributed by atoms with Crippen molar-refractivity contribution in [3.63, 3.8) is 0 Å². The van der Waals surface area contributed by atoms with Gasteiger partial charge in [0, 0.05) is 19.3 Å². The van der Waals surface area contributed by atoms with Gasteiger partial charge in [0.2, 0.25) is 0 Å². The zero-order valence-electron chi connectivity index (χ0n) is 7.82. The number of unbranched alkanes of at least 4 members (excludes halogenated alkanes) is 3. The summed E-state index contributed by atoms with van der Waals surface area (Å²) in [7, 11) is 0. The van der Waals surface area contributed by atoms with E-state index in [1.807, 2.05) is 10.9 Å². The summed E-state index contributed by atoms with van der Waals surface area (Å²) < 4.78 is 1.86. The lowest BCUT2D eigenvalue weighted by atomic mass is 10.2. The summed E-state index contributed by atoms with van der Waals surface area (Å²) in [5, 5.41) is 12.6. The van der Waals surface area contributed by atoms with Crippen molar-refractivity contribution in [3.05, 3.63) is 12.4 Å². The Bertz CT molecular complexity index is 235. The summed E-state index contributed by atoms with van der Waals surface area (Å²) in [5.74, 6) is 0. The fraction of sp³-hybridized carbons (Fsp3) is 0.667. The fourth-order valence-corrected chi connectivity index (χ4v) is 1.24. The minimum Gasteiger partial charge on any atom is -0.396 e. The SMILES string of the molecule is Nc1cnn(CCCCCCO)c1. The lowest BCUT2D eigenvalue weighted by molar-refractivity contribution is 0.282. The Kier molecular flexibility index (Phi) is 4.32. The molecule has 0 spiro atoms. The average molecular weight is 183 g/mol. The Morgan fingerprint density at radius 2 is 2.08 bits per heavy atom. The van der Waals surface area contributed by atoms with Crippen LogP contribution in [0.2, 0.25) is 0 Å². The summed E-state index contributed by atoms with van der Waals surface area (Å²) in [4.78, 5) is 0. The third-order valence-electron chi connectivity index (χ3n) is 1.95. The molecule has 1 aromatic heterocycles. The van der Waals surface area contributed by atoms with Gasteiger partial charge in [-0.25, -0.2) is 0 Å². The van der Waals surface area contributed by atoms with Gasteiger partial charge in [0.25, 0.3) is 0 Å². The van der Waals surface area contributed by atoms with Crippen molar-refractivity contribution in [1.29, 1.82) is 0 Å². The molecule has 0 saturated heterocycles. The molecular weight excluding hydrogens is 166 g/mol. The Morgan fingerprint density at radius 1 is 1.31 bits per heavy atom. The van der Waals surface area contributed by atoms with Crippen LogP contribution in [0.3, 0.4) is 0 Å². The van der Waals surface area contributed by atoms with E-state index in [0.29, 0.717) is 6.61 Å². The first-order valence-electron chi connectivity index (χ1n) is 4.71. The number of anilines is 1. The largest absolute Gasteiger partial charge is 0.396 e. The highest BCUT2D eigenvalue weighted by Gasteiger charge is 1.94. The van der Waals surface area contributed by atoms with Crippen LogP contribution in [-0.4, -0.2) is 21.5 Å². The smallest absolute Gasteiger partial charge is 0.0719 e. The number of nitrogens with two attached hydrogens (primary N) is 1. The molecule has 0 amide bonds. The fourth-order valence-electron chi connectivity index (χ4n) is 1.24. The van der Waals surface area contributed by atoms with E-state index in [1.54, 1.807) is 6.20 Å². The van der Waals surface area contributed by atoms with E-state index >= 15 is 0 Å². The van der Waals surface area contributed by atoms with Crippen LogP contribution in [0.15, 0.2) is 12.4 Å².